The highest BCUT2D eigenvalue weighted by Gasteiger charge is 2.42. The van der Waals surface area contributed by atoms with Gasteiger partial charge in [0.05, 0.1) is 6.61 Å². The third-order valence-electron chi connectivity index (χ3n) is 2.67. The minimum atomic E-state index is -2.71. The first-order valence-electron chi connectivity index (χ1n) is 5.82. The number of aliphatic hydroxyl groups is 1. The predicted octanol–water partition coefficient (Wildman–Crippen LogP) is 1.20. The number of piperidine rings is 1. The molecule has 0 aromatic heterocycles. The van der Waals surface area contributed by atoms with E-state index in [2.05, 4.69) is 0 Å². The summed E-state index contributed by atoms with van der Waals surface area (Å²) in [5.74, 6) is -1.26. The van der Waals surface area contributed by atoms with Crippen LogP contribution in [0, 0.1) is 11.3 Å². The smallest absolute Gasteiger partial charge is 0.242 e. The zero-order valence-corrected chi connectivity index (χ0v) is 7.63. The summed E-state index contributed by atoms with van der Waals surface area (Å²) in [7, 11) is 1.68. The van der Waals surface area contributed by atoms with Crippen LogP contribution in [0.4, 0.5) is 8.78 Å². The van der Waals surface area contributed by atoms with Gasteiger partial charge in [-0.2, -0.15) is 0 Å². The zero-order chi connectivity index (χ0) is 12.6. The molecule has 1 rings (SSSR count). The summed E-state index contributed by atoms with van der Waals surface area (Å²) in [6.45, 7) is -2.89. The van der Waals surface area contributed by atoms with E-state index in [1.54, 1.807) is 11.9 Å². The summed E-state index contributed by atoms with van der Waals surface area (Å²) in [5.41, 5.74) is -1.70. The van der Waals surface area contributed by atoms with Crippen molar-refractivity contribution in [3.05, 3.63) is 0 Å². The van der Waals surface area contributed by atoms with Crippen molar-refractivity contribution < 1.29 is 18.0 Å². The fraction of sp³-hybridized carbons (Fsp3) is 1.00. The van der Waals surface area contributed by atoms with E-state index in [1.807, 2.05) is 0 Å². The molecule has 1 heterocycles. The van der Waals surface area contributed by atoms with Crippen LogP contribution in [-0.4, -0.2) is 43.2 Å². The molecule has 0 radical (unpaired) electrons. The second kappa shape index (κ2) is 3.88. The number of halogens is 2. The van der Waals surface area contributed by atoms with Gasteiger partial charge in [0, 0.05) is 22.0 Å². The maximum Gasteiger partial charge on any atom is 0.242 e. The summed E-state index contributed by atoms with van der Waals surface area (Å²) in [6, 6.07) is 0. The highest BCUT2D eigenvalue weighted by molar-refractivity contribution is 4.90. The second-order valence-corrected chi connectivity index (χ2v) is 3.78. The van der Waals surface area contributed by atoms with Crippen molar-refractivity contribution in [3.63, 3.8) is 0 Å². The van der Waals surface area contributed by atoms with Gasteiger partial charge in [0.25, 0.3) is 0 Å². The maximum absolute atomic E-state index is 12.9. The molecule has 13 heavy (non-hydrogen) atoms. The molecule has 0 amide bonds. The van der Waals surface area contributed by atoms with Gasteiger partial charge in [-0.1, -0.05) is 6.85 Å². The lowest BCUT2D eigenvalue weighted by molar-refractivity contribution is -0.0715. The number of aliphatic hydroxyl groups excluding tert-OH is 1. The topological polar surface area (TPSA) is 23.5 Å². The van der Waals surface area contributed by atoms with E-state index < -0.39 is 31.2 Å². The average Bonchev–Trinajstić information content (AvgIpc) is 2.14. The first kappa shape index (κ1) is 7.12. The van der Waals surface area contributed by atoms with Crippen molar-refractivity contribution in [1.29, 1.82) is 0 Å². The van der Waals surface area contributed by atoms with Gasteiger partial charge in [0.1, 0.15) is 0 Å². The minimum Gasteiger partial charge on any atom is -0.396 e. The maximum atomic E-state index is 12.9. The van der Waals surface area contributed by atoms with E-state index in [9.17, 15) is 13.9 Å². The first-order chi connectivity index (χ1) is 7.24. The Kier molecular flexibility index (Phi) is 2.13. The number of hydrogen-bond acceptors (Lipinski definition) is 2. The SMILES string of the molecule is [2H]C([2H])([2H])[C@@]1(CO)CN(C)CC[C@@H]1C(F)F. The first-order valence-corrected chi connectivity index (χ1v) is 4.32. The van der Waals surface area contributed by atoms with E-state index in [0.29, 0.717) is 6.54 Å². The van der Waals surface area contributed by atoms with Crippen LogP contribution in [0.3, 0.4) is 0 Å². The molecule has 4 heteroatoms. The fourth-order valence-electron chi connectivity index (χ4n) is 1.85. The Bertz CT molecular complexity index is 249. The Morgan fingerprint density at radius 2 is 2.46 bits per heavy atom. The average molecular weight is 196 g/mol. The van der Waals surface area contributed by atoms with Crippen LogP contribution >= 0.6 is 0 Å². The Labute approximate surface area is 81.8 Å². The number of likely N-dealkylation sites (tertiary alicyclic amines) is 1. The molecule has 0 saturated carbocycles. The van der Waals surface area contributed by atoms with Crippen LogP contribution in [0.15, 0.2) is 0 Å². The molecule has 0 aromatic carbocycles. The van der Waals surface area contributed by atoms with Gasteiger partial charge in [-0.05, 0) is 20.0 Å². The summed E-state index contributed by atoms with van der Waals surface area (Å²) >= 11 is 0. The minimum absolute atomic E-state index is 0.0188. The molecule has 1 fully saturated rings. The molecule has 2 atom stereocenters. The molecule has 78 valence electrons. The van der Waals surface area contributed by atoms with Crippen molar-refractivity contribution in [2.45, 2.75) is 19.7 Å². The van der Waals surface area contributed by atoms with Crippen LogP contribution in [0.1, 0.15) is 17.4 Å². The molecule has 1 saturated heterocycles. The summed E-state index contributed by atoms with van der Waals surface area (Å²) in [5, 5.41) is 9.29. The summed E-state index contributed by atoms with van der Waals surface area (Å²) in [4.78, 5) is 1.68. The van der Waals surface area contributed by atoms with Gasteiger partial charge in [0.15, 0.2) is 0 Å². The number of hydrogen-bond donors (Lipinski definition) is 1. The third-order valence-corrected chi connectivity index (χ3v) is 2.67. The van der Waals surface area contributed by atoms with Crippen LogP contribution in [-0.2, 0) is 0 Å². The van der Waals surface area contributed by atoms with Crippen molar-refractivity contribution in [2.75, 3.05) is 26.7 Å². The third kappa shape index (κ3) is 2.17. The number of rotatable bonds is 2. The molecule has 0 aromatic rings. The largest absolute Gasteiger partial charge is 0.396 e. The molecular weight excluding hydrogens is 176 g/mol. The molecule has 1 N–H and O–H groups in total. The summed E-state index contributed by atoms with van der Waals surface area (Å²) < 4.78 is 48.0. The molecule has 0 spiro atoms. The monoisotopic (exact) mass is 196 g/mol. The highest BCUT2D eigenvalue weighted by atomic mass is 19.3. The van der Waals surface area contributed by atoms with E-state index in [-0.39, 0.29) is 13.0 Å². The Morgan fingerprint density at radius 1 is 1.77 bits per heavy atom. The van der Waals surface area contributed by atoms with Crippen LogP contribution < -0.4 is 0 Å². The second-order valence-electron chi connectivity index (χ2n) is 3.78. The van der Waals surface area contributed by atoms with Crippen LogP contribution in [0.25, 0.3) is 0 Å². The molecular formula is C9H17F2NO. The lowest BCUT2D eigenvalue weighted by Crippen LogP contribution is -2.50. The molecule has 0 aliphatic carbocycles. The zero-order valence-electron chi connectivity index (χ0n) is 10.6. The Morgan fingerprint density at radius 3 is 2.92 bits per heavy atom. The number of alkyl halides is 2. The quantitative estimate of drug-likeness (QED) is 0.717. The van der Waals surface area contributed by atoms with E-state index in [4.69, 9.17) is 4.11 Å². The summed E-state index contributed by atoms with van der Waals surface area (Å²) in [6.07, 6.45) is -2.60. The van der Waals surface area contributed by atoms with Gasteiger partial charge in [-0.3, -0.25) is 0 Å². The fourth-order valence-corrected chi connectivity index (χ4v) is 1.85. The van der Waals surface area contributed by atoms with E-state index in [1.165, 1.54) is 0 Å². The molecule has 1 aliphatic heterocycles. The van der Waals surface area contributed by atoms with Gasteiger partial charge < -0.3 is 10.0 Å². The Balaban J connectivity index is 3.07. The normalized spacial score (nSPS) is 41.3. The van der Waals surface area contributed by atoms with Gasteiger partial charge in [-0.25, -0.2) is 8.78 Å². The van der Waals surface area contributed by atoms with Crippen LogP contribution in [0.5, 0.6) is 0 Å². The lowest BCUT2D eigenvalue weighted by atomic mass is 9.73. The number of nitrogens with zero attached hydrogens (tertiary/aromatic N) is 1. The molecule has 1 aliphatic rings. The van der Waals surface area contributed by atoms with E-state index in [0.717, 1.165) is 0 Å². The van der Waals surface area contributed by atoms with Crippen molar-refractivity contribution in [2.24, 2.45) is 11.3 Å². The van der Waals surface area contributed by atoms with Crippen LogP contribution in [0.2, 0.25) is 0 Å². The standard InChI is InChI=1S/C9H17F2NO/c1-9(6-13)5-12(2)4-3-7(9)8(10)11/h7-8,13H,3-6H2,1-2H3/t7-,9+/m1/s1/i1D3. The van der Waals surface area contributed by atoms with Crippen molar-refractivity contribution in [1.82, 2.24) is 4.90 Å². The molecule has 2 nitrogen and oxygen atoms in total. The molecule has 0 bridgehead atoms. The lowest BCUT2D eigenvalue weighted by Gasteiger charge is -2.43. The Hall–Kier alpha value is -0.220. The van der Waals surface area contributed by atoms with E-state index >= 15 is 0 Å². The van der Waals surface area contributed by atoms with Crippen molar-refractivity contribution >= 4 is 0 Å². The van der Waals surface area contributed by atoms with Gasteiger partial charge in [-0.15, -0.1) is 0 Å². The van der Waals surface area contributed by atoms with Gasteiger partial charge >= 0.3 is 0 Å². The predicted molar refractivity (Wildman–Crippen MR) is 46.8 cm³/mol. The van der Waals surface area contributed by atoms with Crippen molar-refractivity contribution in [3.8, 4) is 0 Å². The van der Waals surface area contributed by atoms with Gasteiger partial charge in [0.2, 0.25) is 6.43 Å². The highest BCUT2D eigenvalue weighted by Crippen LogP contribution is 2.38. The molecule has 0 unspecified atom stereocenters.